The summed E-state index contributed by atoms with van der Waals surface area (Å²) in [5.41, 5.74) is 6.50. The molecule has 0 atom stereocenters. The number of rotatable bonds is 7. The predicted octanol–water partition coefficient (Wildman–Crippen LogP) is 7.23. The first-order valence-corrected chi connectivity index (χ1v) is 12.5. The molecule has 2 aliphatic rings. The zero-order valence-corrected chi connectivity index (χ0v) is 21.4. The first kappa shape index (κ1) is 24.5. The van der Waals surface area contributed by atoms with Gasteiger partial charge in [-0.25, -0.2) is 18.7 Å². The van der Waals surface area contributed by atoms with Gasteiger partial charge in [0.05, 0.1) is 11.3 Å². The van der Waals surface area contributed by atoms with Crippen molar-refractivity contribution in [3.8, 4) is 39.7 Å². The standard InChI is InChI=1S/C31H24F2N4O2/c1-19-14-24(38-18-23-15-20(2)39-36-23)10-11-25(19)22-8-6-21(7-9-22)16-37-13-12-28-29(17-37)35-31(34-28)26-4-3-5-27(32)30(26)33/h3-15,17H,16,18H2,1-2H3. The molecular weight excluding hydrogens is 498 g/mol. The molecule has 4 aromatic rings. The van der Waals surface area contributed by atoms with Gasteiger partial charge in [-0.2, -0.15) is 0 Å². The van der Waals surface area contributed by atoms with Gasteiger partial charge in [-0.3, -0.25) is 0 Å². The molecule has 6 nitrogen and oxygen atoms in total. The van der Waals surface area contributed by atoms with Crippen molar-refractivity contribution < 1.29 is 18.0 Å². The maximum absolute atomic E-state index is 14.2. The Bertz CT molecular complexity index is 1740. The van der Waals surface area contributed by atoms with Crippen molar-refractivity contribution in [1.82, 2.24) is 19.7 Å². The molecule has 3 aromatic carbocycles. The third-order valence-electron chi connectivity index (χ3n) is 6.51. The summed E-state index contributed by atoms with van der Waals surface area (Å²) in [5, 5.41) is 3.96. The molecule has 0 fully saturated rings. The fraction of sp³-hybridized carbons (Fsp3) is 0.129. The summed E-state index contributed by atoms with van der Waals surface area (Å²) in [6.45, 7) is 4.89. The van der Waals surface area contributed by atoms with Crippen molar-refractivity contribution in [2.75, 3.05) is 0 Å². The SMILES string of the molecule is Cc1cc(COc2ccc(-c3ccc(Cn4ccc5nc(-c6cccc(F)c6F)nc-5c4)cc3)c(C)c2)no1. The van der Waals surface area contributed by atoms with Crippen molar-refractivity contribution in [2.24, 2.45) is 0 Å². The van der Waals surface area contributed by atoms with Crippen molar-refractivity contribution >= 4 is 0 Å². The summed E-state index contributed by atoms with van der Waals surface area (Å²) < 4.78 is 40.8. The molecule has 0 radical (unpaired) electrons. The Hall–Kier alpha value is -4.85. The van der Waals surface area contributed by atoms with Gasteiger partial charge in [-0.15, -0.1) is 0 Å². The molecule has 8 heteroatoms. The molecule has 0 saturated heterocycles. The van der Waals surface area contributed by atoms with Gasteiger partial charge in [-0.05, 0) is 66.4 Å². The number of hydrogen-bond acceptors (Lipinski definition) is 5. The van der Waals surface area contributed by atoms with E-state index >= 15 is 0 Å². The van der Waals surface area contributed by atoms with Crippen LogP contribution in [-0.2, 0) is 13.2 Å². The fourth-order valence-corrected chi connectivity index (χ4v) is 4.54. The second-order valence-electron chi connectivity index (χ2n) is 9.43. The highest BCUT2D eigenvalue weighted by Crippen LogP contribution is 2.29. The normalized spacial score (nSPS) is 11.3. The molecule has 39 heavy (non-hydrogen) atoms. The quantitative estimate of drug-likeness (QED) is 0.221. The molecule has 1 aromatic heterocycles. The molecule has 2 aliphatic heterocycles. The number of hydrogen-bond donors (Lipinski definition) is 0. The number of halogens is 2. The van der Waals surface area contributed by atoms with Gasteiger partial charge in [-0.1, -0.05) is 41.6 Å². The Morgan fingerprint density at radius 2 is 1.69 bits per heavy atom. The molecule has 3 heterocycles. The Morgan fingerprint density at radius 1 is 0.872 bits per heavy atom. The maximum Gasteiger partial charge on any atom is 0.169 e. The molecule has 0 aliphatic carbocycles. The van der Waals surface area contributed by atoms with E-state index in [-0.39, 0.29) is 11.4 Å². The number of nitrogens with zero attached hydrogens (tertiary/aromatic N) is 4. The van der Waals surface area contributed by atoms with Crippen molar-refractivity contribution in [3.05, 3.63) is 119 Å². The second-order valence-corrected chi connectivity index (χ2v) is 9.43. The lowest BCUT2D eigenvalue weighted by Gasteiger charge is -2.12. The van der Waals surface area contributed by atoms with Gasteiger partial charge in [0, 0.05) is 25.0 Å². The number of ether oxygens (including phenoxy) is 1. The number of imidazole rings is 1. The number of aromatic nitrogens is 4. The molecule has 0 saturated carbocycles. The van der Waals surface area contributed by atoms with Gasteiger partial charge in [0.15, 0.2) is 17.5 Å². The predicted molar refractivity (Wildman–Crippen MR) is 143 cm³/mol. The van der Waals surface area contributed by atoms with Gasteiger partial charge in [0.1, 0.15) is 29.5 Å². The van der Waals surface area contributed by atoms with Crippen LogP contribution in [0.1, 0.15) is 22.6 Å². The van der Waals surface area contributed by atoms with Crippen molar-refractivity contribution in [1.29, 1.82) is 0 Å². The first-order chi connectivity index (χ1) is 18.9. The van der Waals surface area contributed by atoms with Crippen LogP contribution in [0.15, 0.2) is 89.7 Å². The lowest BCUT2D eigenvalue weighted by molar-refractivity contribution is 0.287. The monoisotopic (exact) mass is 522 g/mol. The van der Waals surface area contributed by atoms with Crippen LogP contribution < -0.4 is 4.74 Å². The third-order valence-corrected chi connectivity index (χ3v) is 6.51. The Balaban J connectivity index is 1.15. The van der Waals surface area contributed by atoms with Gasteiger partial charge in [0.2, 0.25) is 0 Å². The van der Waals surface area contributed by atoms with Gasteiger partial charge in [0.25, 0.3) is 0 Å². The van der Waals surface area contributed by atoms with Crippen LogP contribution in [0.3, 0.4) is 0 Å². The Labute approximate surface area is 223 Å². The van der Waals surface area contributed by atoms with Gasteiger partial charge >= 0.3 is 0 Å². The lowest BCUT2D eigenvalue weighted by Crippen LogP contribution is -2.01. The summed E-state index contributed by atoms with van der Waals surface area (Å²) in [6, 6.07) is 22.1. The summed E-state index contributed by atoms with van der Waals surface area (Å²) in [7, 11) is 0. The largest absolute Gasteiger partial charge is 0.487 e. The van der Waals surface area contributed by atoms with Crippen LogP contribution in [0.2, 0.25) is 0 Å². The van der Waals surface area contributed by atoms with E-state index in [2.05, 4.69) is 52.4 Å². The molecular formula is C31H24F2N4O2. The molecule has 0 bridgehead atoms. The van der Waals surface area contributed by atoms with Crippen LogP contribution in [0.5, 0.6) is 5.75 Å². The number of pyridine rings is 1. The highest BCUT2D eigenvalue weighted by Gasteiger charge is 2.17. The van der Waals surface area contributed by atoms with E-state index in [9.17, 15) is 8.78 Å². The van der Waals surface area contributed by atoms with Crippen LogP contribution in [0.25, 0.3) is 33.9 Å². The third kappa shape index (κ3) is 5.13. The molecule has 0 amide bonds. The van der Waals surface area contributed by atoms with Crippen LogP contribution >= 0.6 is 0 Å². The zero-order chi connectivity index (χ0) is 26.9. The number of aryl methyl sites for hydroxylation is 2. The topological polar surface area (TPSA) is 66.0 Å². The first-order valence-electron chi connectivity index (χ1n) is 12.5. The van der Waals surface area contributed by atoms with E-state index in [0.29, 0.717) is 24.5 Å². The molecule has 0 spiro atoms. The van der Waals surface area contributed by atoms with E-state index in [1.807, 2.05) is 48.1 Å². The number of benzene rings is 3. The fourth-order valence-electron chi connectivity index (χ4n) is 4.54. The second kappa shape index (κ2) is 10.1. The van der Waals surface area contributed by atoms with E-state index in [4.69, 9.17) is 9.26 Å². The van der Waals surface area contributed by atoms with Crippen molar-refractivity contribution in [2.45, 2.75) is 27.0 Å². The van der Waals surface area contributed by atoms with E-state index in [1.165, 1.54) is 12.1 Å². The average Bonchev–Trinajstić information content (AvgIpc) is 3.55. The highest BCUT2D eigenvalue weighted by atomic mass is 19.2. The van der Waals surface area contributed by atoms with Crippen molar-refractivity contribution in [3.63, 3.8) is 0 Å². The molecule has 0 N–H and O–H groups in total. The smallest absolute Gasteiger partial charge is 0.169 e. The van der Waals surface area contributed by atoms with Crippen LogP contribution in [0.4, 0.5) is 8.78 Å². The summed E-state index contributed by atoms with van der Waals surface area (Å²) >= 11 is 0. The summed E-state index contributed by atoms with van der Waals surface area (Å²) in [4.78, 5) is 8.81. The van der Waals surface area contributed by atoms with E-state index < -0.39 is 11.6 Å². The summed E-state index contributed by atoms with van der Waals surface area (Å²) in [5.74, 6) is -0.158. The lowest BCUT2D eigenvalue weighted by atomic mass is 9.99. The highest BCUT2D eigenvalue weighted by molar-refractivity contribution is 5.69. The Morgan fingerprint density at radius 3 is 2.46 bits per heavy atom. The molecule has 6 rings (SSSR count). The number of fused-ring (bicyclic) bond motifs is 1. The van der Waals surface area contributed by atoms with E-state index in [1.54, 1.807) is 0 Å². The minimum Gasteiger partial charge on any atom is -0.487 e. The van der Waals surface area contributed by atoms with E-state index in [0.717, 1.165) is 45.5 Å². The van der Waals surface area contributed by atoms with Gasteiger partial charge < -0.3 is 13.8 Å². The maximum atomic E-state index is 14.2. The summed E-state index contributed by atoms with van der Waals surface area (Å²) in [6.07, 6.45) is 3.76. The van der Waals surface area contributed by atoms with Crippen LogP contribution in [0, 0.1) is 25.5 Å². The molecule has 194 valence electrons. The minimum absolute atomic E-state index is 0.0493. The average molecular weight is 523 g/mol. The van der Waals surface area contributed by atoms with Crippen LogP contribution in [-0.4, -0.2) is 19.7 Å². The minimum atomic E-state index is -0.945. The zero-order valence-electron chi connectivity index (χ0n) is 21.4. The Kier molecular flexibility index (Phi) is 6.36. The molecule has 0 unspecified atom stereocenters.